The van der Waals surface area contributed by atoms with Gasteiger partial charge in [-0.05, 0) is 31.2 Å². The third-order valence-electron chi connectivity index (χ3n) is 5.31. The van der Waals surface area contributed by atoms with Crippen LogP contribution < -0.4 is 5.11 Å². The Hall–Kier alpha value is -0.980. The molecule has 0 aliphatic rings. The highest BCUT2D eigenvalue weighted by molar-refractivity contribution is 5.38. The molecule has 0 unspecified atom stereocenters. The summed E-state index contributed by atoms with van der Waals surface area (Å²) in [5, 5.41) is 12.3. The van der Waals surface area contributed by atoms with Crippen molar-refractivity contribution in [2.45, 2.75) is 117 Å². The molecule has 0 radical (unpaired) electrons. The Balaban J connectivity index is 2.26. The first kappa shape index (κ1) is 22.1. The fourth-order valence-corrected chi connectivity index (χ4v) is 3.66. The standard InChI is InChI=1S/C24H42O/c1-3-5-7-9-11-13-15-18-22-19-17-21-24(25)23(22)20-16-14-12-10-8-6-4-2/h17,19,21,25H,3-16,18,20H2,1-2H3/p-1. The smallest absolute Gasteiger partial charge is 0.0276 e. The Bertz CT molecular complexity index is 424. The number of aryl methyl sites for hydroxylation is 1. The van der Waals surface area contributed by atoms with Gasteiger partial charge in [0, 0.05) is 0 Å². The van der Waals surface area contributed by atoms with Crippen molar-refractivity contribution in [1.82, 2.24) is 0 Å². The highest BCUT2D eigenvalue weighted by atomic mass is 16.3. The van der Waals surface area contributed by atoms with Gasteiger partial charge in [-0.15, -0.1) is 5.75 Å². The molecule has 1 aromatic carbocycles. The van der Waals surface area contributed by atoms with E-state index in [-0.39, 0.29) is 5.75 Å². The molecule has 0 saturated heterocycles. The summed E-state index contributed by atoms with van der Waals surface area (Å²) in [6.45, 7) is 4.53. The first-order chi connectivity index (χ1) is 12.3. The summed E-state index contributed by atoms with van der Waals surface area (Å²) in [5.41, 5.74) is 2.44. The minimum absolute atomic E-state index is 0.270. The number of unbranched alkanes of at least 4 members (excludes halogenated alkanes) is 12. The maximum Gasteiger partial charge on any atom is -0.0276 e. The number of benzene rings is 1. The van der Waals surface area contributed by atoms with E-state index in [0.717, 1.165) is 18.4 Å². The highest BCUT2D eigenvalue weighted by Crippen LogP contribution is 2.23. The summed E-state index contributed by atoms with van der Waals surface area (Å²) in [4.78, 5) is 0. The Morgan fingerprint density at radius 1 is 0.600 bits per heavy atom. The maximum atomic E-state index is 12.3. The zero-order valence-electron chi connectivity index (χ0n) is 17.0. The van der Waals surface area contributed by atoms with Gasteiger partial charge in [0.05, 0.1) is 0 Å². The molecule has 1 heteroatoms. The molecule has 0 fully saturated rings. The fourth-order valence-electron chi connectivity index (χ4n) is 3.66. The molecule has 0 bridgehead atoms. The van der Waals surface area contributed by atoms with Crippen LogP contribution in [-0.4, -0.2) is 0 Å². The van der Waals surface area contributed by atoms with E-state index < -0.39 is 0 Å². The van der Waals surface area contributed by atoms with Gasteiger partial charge in [-0.2, -0.15) is 0 Å². The van der Waals surface area contributed by atoms with Gasteiger partial charge in [-0.25, -0.2) is 0 Å². The first-order valence-corrected chi connectivity index (χ1v) is 11.1. The summed E-state index contributed by atoms with van der Waals surface area (Å²) < 4.78 is 0. The molecule has 0 saturated carbocycles. The van der Waals surface area contributed by atoms with E-state index in [0.29, 0.717) is 0 Å². The predicted molar refractivity (Wildman–Crippen MR) is 109 cm³/mol. The molecule has 144 valence electrons. The number of hydrogen-bond donors (Lipinski definition) is 0. The normalized spacial score (nSPS) is 11.1. The van der Waals surface area contributed by atoms with Crippen LogP contribution in [0.2, 0.25) is 0 Å². The van der Waals surface area contributed by atoms with E-state index in [1.807, 2.05) is 6.07 Å². The van der Waals surface area contributed by atoms with Crippen LogP contribution in [0.15, 0.2) is 18.2 Å². The number of hydrogen-bond acceptors (Lipinski definition) is 1. The van der Waals surface area contributed by atoms with Gasteiger partial charge in [0.25, 0.3) is 0 Å². The van der Waals surface area contributed by atoms with Gasteiger partial charge < -0.3 is 5.11 Å². The maximum absolute atomic E-state index is 12.3. The molecular weight excluding hydrogens is 304 g/mol. The van der Waals surface area contributed by atoms with Crippen LogP contribution in [0.5, 0.6) is 5.75 Å². The largest absolute Gasteiger partial charge is 0.872 e. The lowest BCUT2D eigenvalue weighted by molar-refractivity contribution is -0.269. The topological polar surface area (TPSA) is 23.1 Å². The van der Waals surface area contributed by atoms with E-state index in [1.165, 1.54) is 95.5 Å². The van der Waals surface area contributed by atoms with Gasteiger partial charge in [0.1, 0.15) is 0 Å². The van der Waals surface area contributed by atoms with Crippen LogP contribution in [0.4, 0.5) is 0 Å². The lowest BCUT2D eigenvalue weighted by Crippen LogP contribution is -2.02. The molecule has 1 nitrogen and oxygen atoms in total. The van der Waals surface area contributed by atoms with Crippen molar-refractivity contribution < 1.29 is 5.11 Å². The van der Waals surface area contributed by atoms with Crippen molar-refractivity contribution in [2.24, 2.45) is 0 Å². The Labute approximate surface area is 157 Å². The molecule has 0 N–H and O–H groups in total. The molecule has 0 heterocycles. The van der Waals surface area contributed by atoms with E-state index in [2.05, 4.69) is 19.9 Å². The molecular formula is C24H41O-. The Kier molecular flexibility index (Phi) is 13.5. The van der Waals surface area contributed by atoms with E-state index in [9.17, 15) is 5.11 Å². The van der Waals surface area contributed by atoms with Crippen molar-refractivity contribution in [1.29, 1.82) is 0 Å². The minimum Gasteiger partial charge on any atom is -0.872 e. The molecule has 1 rings (SSSR count). The molecule has 0 aromatic heterocycles. The van der Waals surface area contributed by atoms with Gasteiger partial charge in [0.2, 0.25) is 0 Å². The van der Waals surface area contributed by atoms with Crippen molar-refractivity contribution in [3.05, 3.63) is 29.3 Å². The Morgan fingerprint density at radius 2 is 1.08 bits per heavy atom. The summed E-state index contributed by atoms with van der Waals surface area (Å²) in [6.07, 6.45) is 20.6. The van der Waals surface area contributed by atoms with Gasteiger partial charge in [-0.1, -0.05) is 115 Å². The van der Waals surface area contributed by atoms with Crippen LogP contribution in [0.25, 0.3) is 0 Å². The van der Waals surface area contributed by atoms with Gasteiger partial charge >= 0.3 is 0 Å². The van der Waals surface area contributed by atoms with Crippen LogP contribution in [0.1, 0.15) is 115 Å². The first-order valence-electron chi connectivity index (χ1n) is 11.1. The second-order valence-corrected chi connectivity index (χ2v) is 7.64. The van der Waals surface area contributed by atoms with Gasteiger partial charge in [-0.3, -0.25) is 0 Å². The molecule has 0 aliphatic carbocycles. The average molecular weight is 346 g/mol. The fraction of sp³-hybridized carbons (Fsp3) is 0.750. The highest BCUT2D eigenvalue weighted by Gasteiger charge is 2.04. The second kappa shape index (κ2) is 15.3. The van der Waals surface area contributed by atoms with E-state index in [4.69, 9.17) is 0 Å². The molecule has 0 spiro atoms. The van der Waals surface area contributed by atoms with Crippen LogP contribution in [0.3, 0.4) is 0 Å². The molecule has 25 heavy (non-hydrogen) atoms. The lowest BCUT2D eigenvalue weighted by atomic mass is 9.95. The molecule has 1 aromatic rings. The van der Waals surface area contributed by atoms with E-state index >= 15 is 0 Å². The van der Waals surface area contributed by atoms with Crippen LogP contribution in [0, 0.1) is 0 Å². The molecule has 0 amide bonds. The third kappa shape index (κ3) is 10.6. The van der Waals surface area contributed by atoms with Crippen molar-refractivity contribution >= 4 is 0 Å². The summed E-state index contributed by atoms with van der Waals surface area (Å²) in [6, 6.07) is 5.90. The third-order valence-corrected chi connectivity index (χ3v) is 5.31. The van der Waals surface area contributed by atoms with Crippen molar-refractivity contribution in [2.75, 3.05) is 0 Å². The van der Waals surface area contributed by atoms with Crippen molar-refractivity contribution in [3.63, 3.8) is 0 Å². The monoisotopic (exact) mass is 345 g/mol. The van der Waals surface area contributed by atoms with Crippen LogP contribution >= 0.6 is 0 Å². The summed E-state index contributed by atoms with van der Waals surface area (Å²) >= 11 is 0. The van der Waals surface area contributed by atoms with Crippen LogP contribution in [-0.2, 0) is 12.8 Å². The molecule has 0 atom stereocenters. The lowest BCUT2D eigenvalue weighted by Gasteiger charge is -2.18. The molecule has 0 aliphatic heterocycles. The van der Waals surface area contributed by atoms with Crippen molar-refractivity contribution in [3.8, 4) is 5.75 Å². The zero-order chi connectivity index (χ0) is 18.2. The minimum atomic E-state index is 0.270. The zero-order valence-corrected chi connectivity index (χ0v) is 17.0. The summed E-state index contributed by atoms with van der Waals surface area (Å²) in [5.74, 6) is 0.270. The second-order valence-electron chi connectivity index (χ2n) is 7.64. The van der Waals surface area contributed by atoms with E-state index in [1.54, 1.807) is 6.07 Å². The SMILES string of the molecule is CCCCCCCCCc1cccc([O-])c1CCCCCCCCC. The average Bonchev–Trinajstić information content (AvgIpc) is 2.62. The summed E-state index contributed by atoms with van der Waals surface area (Å²) in [7, 11) is 0. The predicted octanol–water partition coefficient (Wildman–Crippen LogP) is 7.35. The van der Waals surface area contributed by atoms with Gasteiger partial charge in [0.15, 0.2) is 0 Å². The Morgan fingerprint density at radius 3 is 1.64 bits per heavy atom. The quantitative estimate of drug-likeness (QED) is 0.287. The number of rotatable bonds is 16.